The first kappa shape index (κ1) is 20.6. The Morgan fingerprint density at radius 1 is 1.00 bits per heavy atom. The van der Waals surface area contributed by atoms with E-state index in [-0.39, 0.29) is 48.4 Å². The van der Waals surface area contributed by atoms with Crippen molar-refractivity contribution < 1.29 is 22.8 Å². The van der Waals surface area contributed by atoms with Gasteiger partial charge in [0.1, 0.15) is 6.04 Å². The number of sulfone groups is 1. The Labute approximate surface area is 172 Å². The number of nitrogens with zero attached hydrogens (tertiary/aromatic N) is 1. The lowest BCUT2D eigenvalue weighted by Gasteiger charge is -2.55. The van der Waals surface area contributed by atoms with Crippen LogP contribution < -0.4 is 10.6 Å². The van der Waals surface area contributed by atoms with Crippen molar-refractivity contribution in [3.05, 3.63) is 0 Å². The molecule has 0 spiro atoms. The second-order valence-electron chi connectivity index (χ2n) is 9.65. The van der Waals surface area contributed by atoms with Gasteiger partial charge in [-0.25, -0.2) is 8.42 Å². The van der Waals surface area contributed by atoms with Gasteiger partial charge < -0.3 is 15.5 Å². The van der Waals surface area contributed by atoms with Gasteiger partial charge in [0.25, 0.3) is 0 Å². The molecule has 0 aromatic rings. The normalized spacial score (nSPS) is 35.8. The number of hydrogen-bond donors (Lipinski definition) is 2. The van der Waals surface area contributed by atoms with Crippen molar-refractivity contribution in [3.63, 3.8) is 0 Å². The molecule has 4 saturated carbocycles. The number of carbonyl (C=O) groups excluding carboxylic acids is 3. The molecule has 162 valence electrons. The van der Waals surface area contributed by atoms with E-state index in [1.807, 2.05) is 0 Å². The maximum absolute atomic E-state index is 12.9. The fourth-order valence-corrected chi connectivity index (χ4v) is 7.50. The minimum atomic E-state index is -3.06. The lowest BCUT2D eigenvalue weighted by molar-refractivity contribution is -0.147. The van der Waals surface area contributed by atoms with Gasteiger partial charge in [-0.2, -0.15) is 0 Å². The molecule has 4 bridgehead atoms. The van der Waals surface area contributed by atoms with Gasteiger partial charge in [-0.3, -0.25) is 14.4 Å². The van der Waals surface area contributed by atoms with E-state index in [9.17, 15) is 22.8 Å². The molecule has 1 atom stereocenters. The Morgan fingerprint density at radius 3 is 2.03 bits per heavy atom. The van der Waals surface area contributed by atoms with Gasteiger partial charge in [0.15, 0.2) is 9.84 Å². The summed E-state index contributed by atoms with van der Waals surface area (Å²) < 4.78 is 23.0. The number of amides is 3. The molecule has 4 aliphatic carbocycles. The Bertz CT molecular complexity index is 760. The lowest BCUT2D eigenvalue weighted by Crippen LogP contribution is -2.56. The molecule has 5 fully saturated rings. The van der Waals surface area contributed by atoms with Crippen LogP contribution in [0.15, 0.2) is 0 Å². The molecule has 5 aliphatic rings. The second-order valence-corrected chi connectivity index (χ2v) is 12.0. The smallest absolute Gasteiger partial charge is 0.244 e. The van der Waals surface area contributed by atoms with Crippen molar-refractivity contribution in [3.8, 4) is 0 Å². The predicted molar refractivity (Wildman–Crippen MR) is 106 cm³/mol. The molecule has 0 aromatic heterocycles. The molecule has 5 rings (SSSR count). The molecule has 3 amide bonds. The quantitative estimate of drug-likeness (QED) is 0.648. The number of hydrogen-bond acceptors (Lipinski definition) is 5. The molecule has 29 heavy (non-hydrogen) atoms. The molecular weight excluding hydrogens is 394 g/mol. The SMILES string of the molecule is CC(NC(=O)CNC(=O)C12CC3CC(CC(C3)C1)C2)C(=O)N1CCS(=O)(=O)CC1. The van der Waals surface area contributed by atoms with Crippen LogP contribution in [0, 0.1) is 23.2 Å². The van der Waals surface area contributed by atoms with E-state index in [1.165, 1.54) is 24.2 Å². The zero-order valence-corrected chi connectivity index (χ0v) is 17.8. The first-order chi connectivity index (χ1) is 13.7. The lowest BCUT2D eigenvalue weighted by atomic mass is 9.49. The van der Waals surface area contributed by atoms with E-state index >= 15 is 0 Å². The van der Waals surface area contributed by atoms with E-state index in [2.05, 4.69) is 10.6 Å². The standard InChI is InChI=1S/C20H31N3O5S/c1-13(18(25)23-2-4-29(27,28)5-3-23)22-17(24)12-21-19(26)20-9-14-6-15(10-20)8-16(7-14)11-20/h13-16H,2-12H2,1H3,(H,21,26)(H,22,24). The highest BCUT2D eigenvalue weighted by molar-refractivity contribution is 7.91. The van der Waals surface area contributed by atoms with Crippen LogP contribution in [0.5, 0.6) is 0 Å². The van der Waals surface area contributed by atoms with Crippen LogP contribution in [-0.2, 0) is 24.2 Å². The maximum Gasteiger partial charge on any atom is 0.244 e. The van der Waals surface area contributed by atoms with Crippen molar-refractivity contribution in [1.82, 2.24) is 15.5 Å². The van der Waals surface area contributed by atoms with Gasteiger partial charge in [0.2, 0.25) is 17.7 Å². The molecule has 0 radical (unpaired) electrons. The largest absolute Gasteiger partial charge is 0.347 e. The van der Waals surface area contributed by atoms with E-state index in [1.54, 1.807) is 6.92 Å². The highest BCUT2D eigenvalue weighted by Crippen LogP contribution is 2.60. The van der Waals surface area contributed by atoms with Crippen LogP contribution >= 0.6 is 0 Å². The van der Waals surface area contributed by atoms with E-state index in [0.29, 0.717) is 17.8 Å². The molecule has 9 heteroatoms. The monoisotopic (exact) mass is 425 g/mol. The summed E-state index contributed by atoms with van der Waals surface area (Å²) >= 11 is 0. The summed E-state index contributed by atoms with van der Waals surface area (Å²) in [5.74, 6) is 1.20. The summed E-state index contributed by atoms with van der Waals surface area (Å²) in [5, 5.41) is 5.45. The maximum atomic E-state index is 12.9. The fourth-order valence-electron chi connectivity index (χ4n) is 6.30. The topological polar surface area (TPSA) is 113 Å². The van der Waals surface area contributed by atoms with E-state index < -0.39 is 21.8 Å². The summed E-state index contributed by atoms with van der Waals surface area (Å²) in [4.78, 5) is 39.1. The summed E-state index contributed by atoms with van der Waals surface area (Å²) in [6.07, 6.45) is 6.59. The fraction of sp³-hybridized carbons (Fsp3) is 0.850. The molecule has 0 aromatic carbocycles. The third kappa shape index (κ3) is 4.29. The first-order valence-corrected chi connectivity index (χ1v) is 12.5. The summed E-state index contributed by atoms with van der Waals surface area (Å²) in [6.45, 7) is 1.77. The van der Waals surface area contributed by atoms with Crippen LogP contribution in [0.2, 0.25) is 0 Å². The third-order valence-electron chi connectivity index (χ3n) is 7.33. The van der Waals surface area contributed by atoms with Crippen LogP contribution in [0.1, 0.15) is 45.4 Å². The Kier molecular flexibility index (Phi) is 5.38. The van der Waals surface area contributed by atoms with Crippen molar-refractivity contribution in [2.24, 2.45) is 23.2 Å². The number of nitrogens with one attached hydrogen (secondary N) is 2. The van der Waals surface area contributed by atoms with Crippen LogP contribution in [0.3, 0.4) is 0 Å². The van der Waals surface area contributed by atoms with Gasteiger partial charge in [-0.05, 0) is 63.2 Å². The molecule has 1 unspecified atom stereocenters. The van der Waals surface area contributed by atoms with Gasteiger partial charge >= 0.3 is 0 Å². The second kappa shape index (κ2) is 7.56. The van der Waals surface area contributed by atoms with E-state index in [4.69, 9.17) is 0 Å². The van der Waals surface area contributed by atoms with Crippen LogP contribution in [0.25, 0.3) is 0 Å². The molecule has 2 N–H and O–H groups in total. The summed E-state index contributed by atoms with van der Waals surface area (Å²) in [5.41, 5.74) is -0.296. The molecule has 1 heterocycles. The van der Waals surface area contributed by atoms with E-state index in [0.717, 1.165) is 19.3 Å². The Balaban J connectivity index is 1.25. The Hall–Kier alpha value is -1.64. The van der Waals surface area contributed by atoms with Crippen LogP contribution in [0.4, 0.5) is 0 Å². The van der Waals surface area contributed by atoms with Crippen LogP contribution in [-0.4, -0.2) is 68.2 Å². The molecular formula is C20H31N3O5S. The van der Waals surface area contributed by atoms with Crippen molar-refractivity contribution in [2.75, 3.05) is 31.1 Å². The van der Waals surface area contributed by atoms with Gasteiger partial charge in [-0.15, -0.1) is 0 Å². The van der Waals surface area contributed by atoms with Gasteiger partial charge in [0, 0.05) is 18.5 Å². The minimum absolute atomic E-state index is 0.00744. The molecule has 8 nitrogen and oxygen atoms in total. The van der Waals surface area contributed by atoms with Crippen molar-refractivity contribution >= 4 is 27.6 Å². The van der Waals surface area contributed by atoms with Crippen molar-refractivity contribution in [2.45, 2.75) is 51.5 Å². The molecule has 1 saturated heterocycles. The zero-order chi connectivity index (χ0) is 20.8. The third-order valence-corrected chi connectivity index (χ3v) is 8.94. The first-order valence-electron chi connectivity index (χ1n) is 10.7. The highest BCUT2D eigenvalue weighted by Gasteiger charge is 2.54. The number of carbonyl (C=O) groups is 3. The summed E-state index contributed by atoms with van der Waals surface area (Å²) in [6, 6.07) is -0.750. The number of rotatable bonds is 5. The van der Waals surface area contributed by atoms with Gasteiger partial charge in [-0.1, -0.05) is 0 Å². The average molecular weight is 426 g/mol. The average Bonchev–Trinajstić information content (AvgIpc) is 2.64. The molecule has 1 aliphatic heterocycles. The highest BCUT2D eigenvalue weighted by atomic mass is 32.2. The van der Waals surface area contributed by atoms with Crippen molar-refractivity contribution in [1.29, 1.82) is 0 Å². The minimum Gasteiger partial charge on any atom is -0.347 e. The zero-order valence-electron chi connectivity index (χ0n) is 17.0. The van der Waals surface area contributed by atoms with Gasteiger partial charge in [0.05, 0.1) is 18.1 Å². The summed E-state index contributed by atoms with van der Waals surface area (Å²) in [7, 11) is -3.06. The predicted octanol–water partition coefficient (Wildman–Crippen LogP) is 0.0807. The Morgan fingerprint density at radius 2 is 1.52 bits per heavy atom.